The predicted octanol–water partition coefficient (Wildman–Crippen LogP) is 3.32. The van der Waals surface area contributed by atoms with Gasteiger partial charge in [-0.05, 0) is 44.6 Å². The maximum atomic E-state index is 6.37. The molecule has 1 saturated heterocycles. The summed E-state index contributed by atoms with van der Waals surface area (Å²) in [6.07, 6.45) is 10.9. The summed E-state index contributed by atoms with van der Waals surface area (Å²) in [4.78, 5) is 0. The highest BCUT2D eigenvalue weighted by atomic mass is 35.5. The summed E-state index contributed by atoms with van der Waals surface area (Å²) in [6.45, 7) is 1.23. The van der Waals surface area contributed by atoms with Gasteiger partial charge in [0.15, 0.2) is 0 Å². The molecular weight excluding hydrogens is 194 g/mol. The van der Waals surface area contributed by atoms with Crippen LogP contribution in [0.25, 0.3) is 0 Å². The van der Waals surface area contributed by atoms with Crippen LogP contribution in [0.1, 0.15) is 51.4 Å². The molecule has 0 aromatic heterocycles. The zero-order valence-corrected chi connectivity index (χ0v) is 9.73. The first-order valence-corrected chi connectivity index (χ1v) is 6.67. The highest BCUT2D eigenvalue weighted by Crippen LogP contribution is 2.32. The molecule has 1 nitrogen and oxygen atoms in total. The zero-order chi connectivity index (χ0) is 9.80. The van der Waals surface area contributed by atoms with Crippen molar-refractivity contribution in [3.8, 4) is 0 Å². The Kier molecular flexibility index (Phi) is 4.12. The number of nitrogens with one attached hydrogen (secondary N) is 1. The average Bonchev–Trinajstić information content (AvgIpc) is 2.23. The molecule has 82 valence electrons. The topological polar surface area (TPSA) is 12.0 Å². The van der Waals surface area contributed by atoms with E-state index in [1.807, 2.05) is 0 Å². The monoisotopic (exact) mass is 215 g/mol. The molecule has 0 bridgehead atoms. The summed E-state index contributed by atoms with van der Waals surface area (Å²) in [7, 11) is 0. The molecule has 0 amide bonds. The van der Waals surface area contributed by atoms with Gasteiger partial charge in [-0.25, -0.2) is 0 Å². The van der Waals surface area contributed by atoms with E-state index in [2.05, 4.69) is 5.32 Å². The summed E-state index contributed by atoms with van der Waals surface area (Å²) in [5, 5.41) is 4.09. The van der Waals surface area contributed by atoms with Crippen molar-refractivity contribution in [1.29, 1.82) is 0 Å². The minimum Gasteiger partial charge on any atom is -0.314 e. The van der Waals surface area contributed by atoms with E-state index in [1.54, 1.807) is 0 Å². The van der Waals surface area contributed by atoms with Gasteiger partial charge in [-0.3, -0.25) is 0 Å². The number of hydrogen-bond donors (Lipinski definition) is 1. The van der Waals surface area contributed by atoms with Crippen LogP contribution < -0.4 is 5.32 Å². The highest BCUT2D eigenvalue weighted by molar-refractivity contribution is 6.20. The van der Waals surface area contributed by atoms with E-state index in [0.29, 0.717) is 5.38 Å². The standard InChI is InChI=1S/C12H22ClN/c13-12-7-2-1-5-10(12)9-11-6-3-4-8-14-11/h10-12,14H,1-9H2. The summed E-state index contributed by atoms with van der Waals surface area (Å²) in [5.41, 5.74) is 0. The molecule has 0 aromatic carbocycles. The Hall–Kier alpha value is 0.250. The molecule has 2 aliphatic rings. The van der Waals surface area contributed by atoms with Gasteiger partial charge in [-0.1, -0.05) is 19.3 Å². The molecule has 1 aliphatic heterocycles. The van der Waals surface area contributed by atoms with E-state index in [1.165, 1.54) is 57.9 Å². The van der Waals surface area contributed by atoms with E-state index in [-0.39, 0.29) is 0 Å². The molecular formula is C12H22ClN. The van der Waals surface area contributed by atoms with Gasteiger partial charge in [-0.2, -0.15) is 0 Å². The first-order chi connectivity index (χ1) is 6.86. The number of piperidine rings is 1. The smallest absolute Gasteiger partial charge is 0.0364 e. The van der Waals surface area contributed by atoms with Crippen LogP contribution >= 0.6 is 11.6 Å². The van der Waals surface area contributed by atoms with Crippen molar-refractivity contribution in [2.75, 3.05) is 6.54 Å². The molecule has 0 spiro atoms. The van der Waals surface area contributed by atoms with E-state index < -0.39 is 0 Å². The summed E-state index contributed by atoms with van der Waals surface area (Å²) in [5.74, 6) is 0.793. The van der Waals surface area contributed by atoms with Gasteiger partial charge in [0.05, 0.1) is 0 Å². The molecule has 14 heavy (non-hydrogen) atoms. The Balaban J connectivity index is 1.76. The first-order valence-electron chi connectivity index (χ1n) is 6.24. The largest absolute Gasteiger partial charge is 0.314 e. The minimum absolute atomic E-state index is 0.465. The minimum atomic E-state index is 0.465. The van der Waals surface area contributed by atoms with Crippen LogP contribution in [0.3, 0.4) is 0 Å². The van der Waals surface area contributed by atoms with Crippen LogP contribution in [0, 0.1) is 5.92 Å². The molecule has 1 N–H and O–H groups in total. The van der Waals surface area contributed by atoms with E-state index in [4.69, 9.17) is 11.6 Å². The van der Waals surface area contributed by atoms with Crippen molar-refractivity contribution >= 4 is 11.6 Å². The molecule has 0 aromatic rings. The molecule has 1 saturated carbocycles. The number of rotatable bonds is 2. The Morgan fingerprint density at radius 3 is 2.50 bits per heavy atom. The van der Waals surface area contributed by atoms with Crippen molar-refractivity contribution in [3.63, 3.8) is 0 Å². The highest BCUT2D eigenvalue weighted by Gasteiger charge is 2.26. The first kappa shape index (κ1) is 10.8. The third-order valence-corrected chi connectivity index (χ3v) is 4.39. The molecule has 2 fully saturated rings. The lowest BCUT2D eigenvalue weighted by Crippen LogP contribution is -2.37. The maximum absolute atomic E-state index is 6.37. The quantitative estimate of drug-likeness (QED) is 0.697. The lowest BCUT2D eigenvalue weighted by molar-refractivity contribution is 0.277. The maximum Gasteiger partial charge on any atom is 0.0364 e. The number of alkyl halides is 1. The summed E-state index contributed by atoms with van der Waals surface area (Å²) in [6, 6.07) is 0.771. The second kappa shape index (κ2) is 5.37. The van der Waals surface area contributed by atoms with Gasteiger partial charge in [0.25, 0.3) is 0 Å². The van der Waals surface area contributed by atoms with Crippen LogP contribution in [-0.4, -0.2) is 18.0 Å². The second-order valence-electron chi connectivity index (χ2n) is 4.94. The van der Waals surface area contributed by atoms with Gasteiger partial charge in [0.1, 0.15) is 0 Å². The molecule has 2 rings (SSSR count). The van der Waals surface area contributed by atoms with E-state index in [0.717, 1.165) is 12.0 Å². The Labute approximate surface area is 92.6 Å². The molecule has 3 unspecified atom stereocenters. The Morgan fingerprint density at radius 2 is 1.79 bits per heavy atom. The van der Waals surface area contributed by atoms with Gasteiger partial charge in [0.2, 0.25) is 0 Å². The fraction of sp³-hybridized carbons (Fsp3) is 1.00. The van der Waals surface area contributed by atoms with Gasteiger partial charge >= 0.3 is 0 Å². The van der Waals surface area contributed by atoms with Crippen LogP contribution in [-0.2, 0) is 0 Å². The molecule has 1 aliphatic carbocycles. The third kappa shape index (κ3) is 2.87. The van der Waals surface area contributed by atoms with Crippen molar-refractivity contribution in [2.45, 2.75) is 62.8 Å². The van der Waals surface area contributed by atoms with Gasteiger partial charge < -0.3 is 5.32 Å². The molecule has 1 heterocycles. The Bertz CT molecular complexity index is 166. The van der Waals surface area contributed by atoms with Gasteiger partial charge in [0, 0.05) is 11.4 Å². The average molecular weight is 216 g/mol. The van der Waals surface area contributed by atoms with Crippen LogP contribution in [0.4, 0.5) is 0 Å². The molecule has 0 radical (unpaired) electrons. The summed E-state index contributed by atoms with van der Waals surface area (Å²) >= 11 is 6.37. The third-order valence-electron chi connectivity index (χ3n) is 3.82. The van der Waals surface area contributed by atoms with Crippen molar-refractivity contribution in [2.24, 2.45) is 5.92 Å². The second-order valence-corrected chi connectivity index (χ2v) is 5.50. The lowest BCUT2D eigenvalue weighted by atomic mass is 9.83. The Morgan fingerprint density at radius 1 is 1.00 bits per heavy atom. The SMILES string of the molecule is ClC1CCCCC1CC1CCCCN1. The van der Waals surface area contributed by atoms with Crippen LogP contribution in [0.2, 0.25) is 0 Å². The van der Waals surface area contributed by atoms with E-state index >= 15 is 0 Å². The fourth-order valence-electron chi connectivity index (χ4n) is 2.92. The normalized spacial score (nSPS) is 39.6. The van der Waals surface area contributed by atoms with Crippen LogP contribution in [0.15, 0.2) is 0 Å². The number of hydrogen-bond acceptors (Lipinski definition) is 1. The van der Waals surface area contributed by atoms with Crippen molar-refractivity contribution < 1.29 is 0 Å². The number of halogens is 1. The van der Waals surface area contributed by atoms with Crippen molar-refractivity contribution in [3.05, 3.63) is 0 Å². The fourth-order valence-corrected chi connectivity index (χ4v) is 3.30. The zero-order valence-electron chi connectivity index (χ0n) is 8.97. The molecule has 2 heteroatoms. The van der Waals surface area contributed by atoms with E-state index in [9.17, 15) is 0 Å². The van der Waals surface area contributed by atoms with Gasteiger partial charge in [-0.15, -0.1) is 11.6 Å². The lowest BCUT2D eigenvalue weighted by Gasteiger charge is -2.32. The van der Waals surface area contributed by atoms with Crippen LogP contribution in [0.5, 0.6) is 0 Å². The predicted molar refractivity (Wildman–Crippen MR) is 61.9 cm³/mol. The van der Waals surface area contributed by atoms with Crippen molar-refractivity contribution in [1.82, 2.24) is 5.32 Å². The summed E-state index contributed by atoms with van der Waals surface area (Å²) < 4.78 is 0. The molecule has 3 atom stereocenters.